The molecule has 2 heterocycles. The number of benzene rings is 1. The summed E-state index contributed by atoms with van der Waals surface area (Å²) in [5.41, 5.74) is 0.690. The van der Waals surface area contributed by atoms with Gasteiger partial charge in [0.05, 0.1) is 24.8 Å². The fourth-order valence-electron chi connectivity index (χ4n) is 3.27. The van der Waals surface area contributed by atoms with Gasteiger partial charge in [-0.2, -0.15) is 0 Å². The number of rotatable bonds is 5. The van der Waals surface area contributed by atoms with Gasteiger partial charge in [0.2, 0.25) is 11.8 Å². The van der Waals surface area contributed by atoms with Crippen LogP contribution in [0.4, 0.5) is 5.69 Å². The molecule has 25 heavy (non-hydrogen) atoms. The van der Waals surface area contributed by atoms with Gasteiger partial charge < -0.3 is 25.4 Å². The van der Waals surface area contributed by atoms with E-state index in [0.29, 0.717) is 37.6 Å². The van der Waals surface area contributed by atoms with Crippen molar-refractivity contribution in [1.82, 2.24) is 10.6 Å². The van der Waals surface area contributed by atoms with Crippen molar-refractivity contribution in [2.45, 2.75) is 12.5 Å². The van der Waals surface area contributed by atoms with E-state index in [4.69, 9.17) is 4.74 Å². The zero-order valence-corrected chi connectivity index (χ0v) is 14.9. The summed E-state index contributed by atoms with van der Waals surface area (Å²) < 4.78 is 5.30. The van der Waals surface area contributed by atoms with Crippen molar-refractivity contribution < 1.29 is 19.4 Å². The van der Waals surface area contributed by atoms with Crippen molar-refractivity contribution in [3.63, 3.8) is 0 Å². The highest BCUT2D eigenvalue weighted by Crippen LogP contribution is 2.32. The molecule has 3 N–H and O–H groups in total. The molecule has 0 saturated carbocycles. The van der Waals surface area contributed by atoms with Crippen LogP contribution >= 0.6 is 12.4 Å². The zero-order valence-electron chi connectivity index (χ0n) is 14.1. The molecule has 3 rings (SSSR count). The molecule has 3 atom stereocenters. The Balaban J connectivity index is 0.00000225. The highest BCUT2D eigenvalue weighted by Gasteiger charge is 2.36. The topological polar surface area (TPSA) is 90.9 Å². The summed E-state index contributed by atoms with van der Waals surface area (Å²) >= 11 is 0. The largest absolute Gasteiger partial charge is 0.495 e. The second kappa shape index (κ2) is 8.51. The Hall–Kier alpha value is -1.83. The van der Waals surface area contributed by atoms with Gasteiger partial charge in [-0.1, -0.05) is 12.1 Å². The second-order valence-corrected chi connectivity index (χ2v) is 6.31. The van der Waals surface area contributed by atoms with E-state index in [1.165, 1.54) is 0 Å². The molecule has 0 radical (unpaired) electrons. The maximum absolute atomic E-state index is 12.4. The van der Waals surface area contributed by atoms with Crippen LogP contribution in [0.15, 0.2) is 24.3 Å². The first-order chi connectivity index (χ1) is 11.6. The lowest BCUT2D eigenvalue weighted by molar-refractivity contribution is -0.126. The molecule has 0 aromatic heterocycles. The molecular formula is C17H24ClN3O4. The molecule has 1 aromatic rings. The highest BCUT2D eigenvalue weighted by molar-refractivity contribution is 6.01. The second-order valence-electron chi connectivity index (χ2n) is 6.31. The molecular weight excluding hydrogens is 346 g/mol. The molecule has 3 unspecified atom stereocenters. The first kappa shape index (κ1) is 19.5. The number of aliphatic hydroxyl groups is 1. The molecule has 138 valence electrons. The number of carbonyl (C=O) groups is 2. The van der Waals surface area contributed by atoms with Crippen molar-refractivity contribution in [3.8, 4) is 5.75 Å². The number of methoxy groups -OCH3 is 1. The predicted molar refractivity (Wildman–Crippen MR) is 96.1 cm³/mol. The number of nitrogens with zero attached hydrogens (tertiary/aromatic N) is 1. The lowest BCUT2D eigenvalue weighted by atomic mass is 10.0. The van der Waals surface area contributed by atoms with Crippen LogP contribution in [-0.4, -0.2) is 56.3 Å². The Kier molecular flexibility index (Phi) is 6.64. The maximum atomic E-state index is 12.4. The van der Waals surface area contributed by atoms with Crippen LogP contribution in [0.2, 0.25) is 0 Å². The molecule has 7 nitrogen and oxygen atoms in total. The molecule has 0 aliphatic carbocycles. The fraction of sp³-hybridized carbons (Fsp3) is 0.529. The van der Waals surface area contributed by atoms with E-state index in [1.54, 1.807) is 18.1 Å². The predicted octanol–water partition coefficient (Wildman–Crippen LogP) is 0.166. The minimum absolute atomic E-state index is 0. The molecule has 0 bridgehead atoms. The van der Waals surface area contributed by atoms with Crippen LogP contribution < -0.4 is 20.3 Å². The molecule has 8 heteroatoms. The first-order valence-corrected chi connectivity index (χ1v) is 8.20. The van der Waals surface area contributed by atoms with E-state index in [9.17, 15) is 14.7 Å². The molecule has 2 amide bonds. The number of hydrogen-bond donors (Lipinski definition) is 3. The average molecular weight is 370 g/mol. The summed E-state index contributed by atoms with van der Waals surface area (Å²) in [5.74, 6) is 0.0411. The summed E-state index contributed by atoms with van der Waals surface area (Å²) in [4.78, 5) is 26.3. The molecule has 0 spiro atoms. The number of nitrogens with one attached hydrogen (secondary N) is 2. The van der Waals surface area contributed by atoms with Crippen molar-refractivity contribution in [1.29, 1.82) is 0 Å². The maximum Gasteiger partial charge on any atom is 0.227 e. The third-order valence-corrected chi connectivity index (χ3v) is 4.71. The summed E-state index contributed by atoms with van der Waals surface area (Å²) in [6.07, 6.45) is -0.240. The van der Waals surface area contributed by atoms with E-state index in [2.05, 4.69) is 10.6 Å². The molecule has 2 saturated heterocycles. The Bertz CT molecular complexity index is 628. The number of amides is 2. The third kappa shape index (κ3) is 4.23. The van der Waals surface area contributed by atoms with Gasteiger partial charge in [-0.3, -0.25) is 9.59 Å². The minimum Gasteiger partial charge on any atom is -0.495 e. The number of ether oxygens (including phenoxy) is 1. The minimum atomic E-state index is -0.430. The summed E-state index contributed by atoms with van der Waals surface area (Å²) in [6.45, 7) is 2.02. The molecule has 1 aromatic carbocycles. The van der Waals surface area contributed by atoms with Gasteiger partial charge >= 0.3 is 0 Å². The molecule has 2 aliphatic heterocycles. The lowest BCUT2D eigenvalue weighted by Gasteiger charge is -2.20. The fourth-order valence-corrected chi connectivity index (χ4v) is 3.27. The highest BCUT2D eigenvalue weighted by atomic mass is 35.5. The van der Waals surface area contributed by atoms with Gasteiger partial charge in [-0.25, -0.2) is 0 Å². The van der Waals surface area contributed by atoms with Crippen molar-refractivity contribution in [2.75, 3.05) is 38.2 Å². The number of β-amino-alcohol motifs (C(OH)–C–C–N with tert-alkyl or cyclic N) is 1. The van der Waals surface area contributed by atoms with Gasteiger partial charge in [-0.15, -0.1) is 12.4 Å². The normalized spacial score (nSPS) is 25.6. The van der Waals surface area contributed by atoms with E-state index in [-0.39, 0.29) is 42.5 Å². The molecule has 2 aliphatic rings. The lowest BCUT2D eigenvalue weighted by Crippen LogP contribution is -2.38. The van der Waals surface area contributed by atoms with Crippen LogP contribution in [0.3, 0.4) is 0 Å². The Morgan fingerprint density at radius 1 is 1.40 bits per heavy atom. The number of carbonyl (C=O) groups excluding carboxylic acids is 2. The monoisotopic (exact) mass is 369 g/mol. The number of halogens is 1. The van der Waals surface area contributed by atoms with E-state index < -0.39 is 6.10 Å². The van der Waals surface area contributed by atoms with Crippen LogP contribution in [0.1, 0.15) is 6.42 Å². The van der Waals surface area contributed by atoms with Gasteiger partial charge in [-0.05, 0) is 12.1 Å². The number of anilines is 1. The standard InChI is InChI=1S/C17H23N3O4.ClH/c1-24-15-5-3-2-4-13(15)20-10-11(6-16(20)22)17(23)19-8-12-7-18-9-14(12)21;/h2-5,11-12,14,18,21H,6-10H2,1H3,(H,19,23);1H. The van der Waals surface area contributed by atoms with E-state index in [1.807, 2.05) is 18.2 Å². The Labute approximate surface area is 153 Å². The number of para-hydroxylation sites is 2. The van der Waals surface area contributed by atoms with Gasteiger partial charge in [0.1, 0.15) is 5.75 Å². The summed E-state index contributed by atoms with van der Waals surface area (Å²) in [7, 11) is 1.56. The van der Waals surface area contributed by atoms with E-state index in [0.717, 1.165) is 0 Å². The van der Waals surface area contributed by atoms with Gasteiger partial charge in [0.25, 0.3) is 0 Å². The van der Waals surface area contributed by atoms with E-state index >= 15 is 0 Å². The smallest absolute Gasteiger partial charge is 0.227 e. The summed E-state index contributed by atoms with van der Waals surface area (Å²) in [5, 5.41) is 15.7. The van der Waals surface area contributed by atoms with Crippen LogP contribution in [0.25, 0.3) is 0 Å². The Morgan fingerprint density at radius 3 is 2.84 bits per heavy atom. The van der Waals surface area contributed by atoms with Crippen molar-refractivity contribution in [3.05, 3.63) is 24.3 Å². The molecule has 2 fully saturated rings. The Morgan fingerprint density at radius 2 is 2.16 bits per heavy atom. The van der Waals surface area contributed by atoms with Crippen LogP contribution in [-0.2, 0) is 9.59 Å². The van der Waals surface area contributed by atoms with Crippen LogP contribution in [0.5, 0.6) is 5.75 Å². The van der Waals surface area contributed by atoms with Gasteiger partial charge in [0.15, 0.2) is 0 Å². The zero-order chi connectivity index (χ0) is 17.1. The number of aliphatic hydroxyl groups excluding tert-OH is 1. The van der Waals surface area contributed by atoms with Crippen molar-refractivity contribution in [2.24, 2.45) is 11.8 Å². The quantitative estimate of drug-likeness (QED) is 0.688. The van der Waals surface area contributed by atoms with Gasteiger partial charge in [0, 0.05) is 38.5 Å². The summed E-state index contributed by atoms with van der Waals surface area (Å²) in [6, 6.07) is 7.29. The SMILES string of the molecule is COc1ccccc1N1CC(C(=O)NCC2CNCC2O)CC1=O.Cl. The van der Waals surface area contributed by atoms with Crippen LogP contribution in [0, 0.1) is 11.8 Å². The number of hydrogen-bond acceptors (Lipinski definition) is 5. The third-order valence-electron chi connectivity index (χ3n) is 4.71. The van der Waals surface area contributed by atoms with Crippen molar-refractivity contribution >= 4 is 29.9 Å². The first-order valence-electron chi connectivity index (χ1n) is 8.20. The average Bonchev–Trinajstić information content (AvgIpc) is 3.18.